The van der Waals surface area contributed by atoms with Crippen LogP contribution in [0.2, 0.25) is 0 Å². The van der Waals surface area contributed by atoms with Gasteiger partial charge in [0, 0.05) is 19.3 Å². The second kappa shape index (κ2) is 11.2. The highest BCUT2D eigenvalue weighted by Gasteiger charge is 2.06. The van der Waals surface area contributed by atoms with Gasteiger partial charge in [0.05, 0.1) is 20.8 Å². The highest BCUT2D eigenvalue weighted by Crippen LogP contribution is 2.27. The van der Waals surface area contributed by atoms with E-state index in [1.165, 1.54) is 6.20 Å². The van der Waals surface area contributed by atoms with Crippen LogP contribution in [0.5, 0.6) is 11.5 Å². The third kappa shape index (κ3) is 6.43. The van der Waals surface area contributed by atoms with Crippen molar-refractivity contribution in [2.45, 2.75) is 6.54 Å². The van der Waals surface area contributed by atoms with E-state index >= 15 is 0 Å². The molecule has 0 bridgehead atoms. The monoisotopic (exact) mass is 474 g/mol. The van der Waals surface area contributed by atoms with Crippen molar-refractivity contribution in [2.24, 2.45) is 10.7 Å². The molecule has 2 aromatic rings. The van der Waals surface area contributed by atoms with Crippen molar-refractivity contribution in [3.8, 4) is 11.5 Å². The standard InChI is InChI=1S/C16H22N6O3.HI/c1-24-13-4-3-11(9-14(13)25-2)10-20-16(17)19-8-7-18-15(23)12-5-6-21-22-12;/h3-6,9H,7-8,10H2,1-2H3,(H,18,23)(H,21,22)(H3,17,19,20);1H. The lowest BCUT2D eigenvalue weighted by Crippen LogP contribution is -2.38. The number of carbonyl (C=O) groups excluding carboxylic acids is 1. The van der Waals surface area contributed by atoms with Crippen LogP contribution in [0.4, 0.5) is 0 Å². The van der Waals surface area contributed by atoms with Gasteiger partial charge in [0.25, 0.3) is 5.91 Å². The summed E-state index contributed by atoms with van der Waals surface area (Å²) in [7, 11) is 3.17. The van der Waals surface area contributed by atoms with Crippen LogP contribution in [0.25, 0.3) is 0 Å². The number of aromatic amines is 1. The van der Waals surface area contributed by atoms with Gasteiger partial charge in [0.2, 0.25) is 0 Å². The maximum atomic E-state index is 11.7. The van der Waals surface area contributed by atoms with Crippen LogP contribution < -0.4 is 25.8 Å². The molecular weight excluding hydrogens is 451 g/mol. The Kier molecular flexibility index (Phi) is 9.26. The molecule has 0 aliphatic heterocycles. The van der Waals surface area contributed by atoms with Gasteiger partial charge in [-0.1, -0.05) is 6.07 Å². The molecule has 1 aromatic carbocycles. The number of guanidine groups is 1. The van der Waals surface area contributed by atoms with Gasteiger partial charge < -0.3 is 25.8 Å². The predicted molar refractivity (Wildman–Crippen MR) is 109 cm³/mol. The number of aliphatic imine (C=N–C) groups is 1. The second-order valence-electron chi connectivity index (χ2n) is 5.04. The number of rotatable bonds is 8. The third-order valence-electron chi connectivity index (χ3n) is 3.34. The minimum absolute atomic E-state index is 0. The third-order valence-corrected chi connectivity index (χ3v) is 3.34. The maximum Gasteiger partial charge on any atom is 0.269 e. The Balaban J connectivity index is 0.00000338. The molecule has 0 fully saturated rings. The maximum absolute atomic E-state index is 11.7. The van der Waals surface area contributed by atoms with Crippen LogP contribution in [0, 0.1) is 0 Å². The van der Waals surface area contributed by atoms with E-state index < -0.39 is 0 Å². The molecule has 10 heteroatoms. The van der Waals surface area contributed by atoms with Crippen molar-refractivity contribution in [3.63, 3.8) is 0 Å². The number of halogens is 1. The fourth-order valence-electron chi connectivity index (χ4n) is 2.06. The Morgan fingerprint density at radius 3 is 2.58 bits per heavy atom. The molecule has 0 saturated heterocycles. The summed E-state index contributed by atoms with van der Waals surface area (Å²) < 4.78 is 10.4. The molecule has 2 rings (SSSR count). The summed E-state index contributed by atoms with van der Waals surface area (Å²) in [5.41, 5.74) is 7.17. The van der Waals surface area contributed by atoms with Crippen molar-refractivity contribution in [1.29, 1.82) is 0 Å². The number of hydrogen-bond donors (Lipinski definition) is 4. The molecule has 142 valence electrons. The Morgan fingerprint density at radius 1 is 1.19 bits per heavy atom. The largest absolute Gasteiger partial charge is 0.493 e. The first-order valence-corrected chi connectivity index (χ1v) is 7.66. The summed E-state index contributed by atoms with van der Waals surface area (Å²) >= 11 is 0. The highest BCUT2D eigenvalue weighted by molar-refractivity contribution is 14.0. The molecule has 0 aliphatic rings. The number of nitrogens with one attached hydrogen (secondary N) is 3. The summed E-state index contributed by atoms with van der Waals surface area (Å²) in [6, 6.07) is 7.16. The first-order chi connectivity index (χ1) is 12.1. The molecule has 1 amide bonds. The minimum atomic E-state index is -0.222. The first kappa shape index (κ1) is 21.5. The van der Waals surface area contributed by atoms with Crippen molar-refractivity contribution < 1.29 is 14.3 Å². The van der Waals surface area contributed by atoms with Crippen LogP contribution >= 0.6 is 24.0 Å². The van der Waals surface area contributed by atoms with E-state index in [0.717, 1.165) is 5.56 Å². The van der Waals surface area contributed by atoms with Gasteiger partial charge in [-0.2, -0.15) is 5.10 Å². The normalized spacial score (nSPS) is 10.6. The van der Waals surface area contributed by atoms with Gasteiger partial charge in [-0.3, -0.25) is 9.89 Å². The van der Waals surface area contributed by atoms with Crippen LogP contribution in [0.1, 0.15) is 16.1 Å². The van der Waals surface area contributed by atoms with Gasteiger partial charge in [0.15, 0.2) is 17.5 Å². The molecule has 9 nitrogen and oxygen atoms in total. The topological polar surface area (TPSA) is 127 Å². The number of hydrogen-bond acceptors (Lipinski definition) is 5. The summed E-state index contributed by atoms with van der Waals surface area (Å²) in [5.74, 6) is 1.38. The zero-order valence-corrected chi connectivity index (χ0v) is 16.9. The number of carbonyl (C=O) groups is 1. The number of aromatic nitrogens is 2. The lowest BCUT2D eigenvalue weighted by Gasteiger charge is -2.09. The molecular formula is C16H23IN6O3. The number of H-pyrrole nitrogens is 1. The van der Waals surface area contributed by atoms with Crippen LogP contribution in [-0.2, 0) is 6.54 Å². The quantitative estimate of drug-likeness (QED) is 0.195. The highest BCUT2D eigenvalue weighted by atomic mass is 127. The van der Waals surface area contributed by atoms with E-state index in [4.69, 9.17) is 15.2 Å². The van der Waals surface area contributed by atoms with Crippen LogP contribution in [0.15, 0.2) is 35.5 Å². The van der Waals surface area contributed by atoms with E-state index in [2.05, 4.69) is 25.8 Å². The first-order valence-electron chi connectivity index (χ1n) is 7.66. The molecule has 0 aliphatic carbocycles. The number of nitrogens with zero attached hydrogens (tertiary/aromatic N) is 2. The van der Waals surface area contributed by atoms with Crippen LogP contribution in [0.3, 0.4) is 0 Å². The van der Waals surface area contributed by atoms with Crippen LogP contribution in [-0.4, -0.2) is 49.4 Å². The SMILES string of the molecule is COc1ccc(CN=C(N)NCCNC(=O)c2ccn[nH]2)cc1OC.I. The Morgan fingerprint density at radius 2 is 1.92 bits per heavy atom. The Bertz CT molecular complexity index is 721. The van der Waals surface area contributed by atoms with Crippen molar-refractivity contribution in [1.82, 2.24) is 20.8 Å². The minimum Gasteiger partial charge on any atom is -0.493 e. The molecule has 0 unspecified atom stereocenters. The summed E-state index contributed by atoms with van der Waals surface area (Å²) in [6.07, 6.45) is 1.52. The smallest absolute Gasteiger partial charge is 0.269 e. The number of nitrogens with two attached hydrogens (primary N) is 1. The number of ether oxygens (including phenoxy) is 2. The fourth-order valence-corrected chi connectivity index (χ4v) is 2.06. The predicted octanol–water partition coefficient (Wildman–Crippen LogP) is 0.879. The van der Waals surface area contributed by atoms with E-state index in [9.17, 15) is 4.79 Å². The van der Waals surface area contributed by atoms with Crippen molar-refractivity contribution in [2.75, 3.05) is 27.3 Å². The van der Waals surface area contributed by atoms with E-state index in [-0.39, 0.29) is 29.9 Å². The van der Waals surface area contributed by atoms with Crippen molar-refractivity contribution >= 4 is 35.8 Å². The number of methoxy groups -OCH3 is 2. The second-order valence-corrected chi connectivity index (χ2v) is 5.04. The average molecular weight is 474 g/mol. The fraction of sp³-hybridized carbons (Fsp3) is 0.312. The van der Waals surface area contributed by atoms with Gasteiger partial charge in [-0.05, 0) is 23.8 Å². The lowest BCUT2D eigenvalue weighted by molar-refractivity contribution is 0.0949. The summed E-state index contributed by atoms with van der Waals surface area (Å²) in [6.45, 7) is 1.27. The van der Waals surface area contributed by atoms with Gasteiger partial charge >= 0.3 is 0 Å². The molecule has 26 heavy (non-hydrogen) atoms. The van der Waals surface area contributed by atoms with Crippen molar-refractivity contribution in [3.05, 3.63) is 41.7 Å². The van der Waals surface area contributed by atoms with Gasteiger partial charge in [-0.15, -0.1) is 24.0 Å². The summed E-state index contributed by atoms with van der Waals surface area (Å²) in [5, 5.41) is 12.0. The lowest BCUT2D eigenvalue weighted by atomic mass is 10.2. The molecule has 1 heterocycles. The zero-order valence-electron chi connectivity index (χ0n) is 14.6. The molecule has 1 aromatic heterocycles. The van der Waals surface area contributed by atoms with E-state index in [1.54, 1.807) is 20.3 Å². The Labute approximate surface area is 168 Å². The molecule has 0 atom stereocenters. The number of benzene rings is 1. The van der Waals surface area contributed by atoms with E-state index in [0.29, 0.717) is 42.8 Å². The molecule has 0 radical (unpaired) electrons. The van der Waals surface area contributed by atoms with E-state index in [1.807, 2.05) is 18.2 Å². The van der Waals surface area contributed by atoms with Gasteiger partial charge in [-0.25, -0.2) is 4.99 Å². The zero-order chi connectivity index (χ0) is 18.1. The number of amides is 1. The Hall–Kier alpha value is -2.50. The summed E-state index contributed by atoms with van der Waals surface area (Å²) in [4.78, 5) is 15.9. The molecule has 0 spiro atoms. The average Bonchev–Trinajstić information content (AvgIpc) is 3.17. The van der Waals surface area contributed by atoms with Gasteiger partial charge in [0.1, 0.15) is 5.69 Å². The molecule has 0 saturated carbocycles. The molecule has 5 N–H and O–H groups in total.